The van der Waals surface area contributed by atoms with Gasteiger partial charge in [-0.15, -0.1) is 0 Å². The van der Waals surface area contributed by atoms with Gasteiger partial charge in [0, 0.05) is 0 Å². The summed E-state index contributed by atoms with van der Waals surface area (Å²) < 4.78 is 0. The SMILES string of the molecule is NCCC(N)C(=O)/C=C/c1ccc(O)cc1. The topological polar surface area (TPSA) is 89.3 Å². The molecule has 0 saturated heterocycles. The lowest BCUT2D eigenvalue weighted by atomic mass is 10.1. The van der Waals surface area contributed by atoms with E-state index in [9.17, 15) is 4.79 Å². The zero-order chi connectivity index (χ0) is 12.0. The summed E-state index contributed by atoms with van der Waals surface area (Å²) in [7, 11) is 0. The number of carbonyl (C=O) groups excluding carboxylic acids is 1. The Hall–Kier alpha value is -1.65. The molecule has 1 rings (SSSR count). The highest BCUT2D eigenvalue weighted by atomic mass is 16.3. The van der Waals surface area contributed by atoms with E-state index >= 15 is 0 Å². The van der Waals surface area contributed by atoms with Gasteiger partial charge in [-0.1, -0.05) is 18.2 Å². The first-order valence-electron chi connectivity index (χ1n) is 5.10. The zero-order valence-electron chi connectivity index (χ0n) is 8.97. The molecule has 86 valence electrons. The van der Waals surface area contributed by atoms with E-state index in [2.05, 4.69) is 0 Å². The number of aromatic hydroxyl groups is 1. The van der Waals surface area contributed by atoms with Crippen LogP contribution in [0.2, 0.25) is 0 Å². The minimum atomic E-state index is -0.529. The maximum atomic E-state index is 11.5. The fourth-order valence-corrected chi connectivity index (χ4v) is 1.21. The molecule has 0 aliphatic heterocycles. The number of ketones is 1. The summed E-state index contributed by atoms with van der Waals surface area (Å²) in [5.41, 5.74) is 11.7. The van der Waals surface area contributed by atoms with Crippen LogP contribution in [0.3, 0.4) is 0 Å². The van der Waals surface area contributed by atoms with Crippen molar-refractivity contribution in [3.8, 4) is 5.75 Å². The maximum Gasteiger partial charge on any atom is 0.172 e. The quantitative estimate of drug-likeness (QED) is 0.635. The summed E-state index contributed by atoms with van der Waals surface area (Å²) in [6, 6.07) is 6.02. The average molecular weight is 220 g/mol. The molecule has 0 aliphatic rings. The predicted octanol–water partition coefficient (Wildman–Crippen LogP) is 0.651. The van der Waals surface area contributed by atoms with E-state index in [1.165, 1.54) is 6.08 Å². The van der Waals surface area contributed by atoms with Crippen molar-refractivity contribution in [2.24, 2.45) is 11.5 Å². The Morgan fingerprint density at radius 3 is 2.56 bits per heavy atom. The van der Waals surface area contributed by atoms with Gasteiger partial charge in [-0.3, -0.25) is 4.79 Å². The van der Waals surface area contributed by atoms with Crippen LogP contribution < -0.4 is 11.5 Å². The van der Waals surface area contributed by atoms with Crippen LogP contribution in [0.5, 0.6) is 5.75 Å². The maximum absolute atomic E-state index is 11.5. The second-order valence-electron chi connectivity index (χ2n) is 3.51. The zero-order valence-corrected chi connectivity index (χ0v) is 8.97. The molecule has 4 nitrogen and oxygen atoms in total. The fourth-order valence-electron chi connectivity index (χ4n) is 1.21. The highest BCUT2D eigenvalue weighted by Crippen LogP contribution is 2.10. The number of nitrogens with two attached hydrogens (primary N) is 2. The van der Waals surface area contributed by atoms with Crippen LogP contribution in [0.1, 0.15) is 12.0 Å². The van der Waals surface area contributed by atoms with Crippen LogP contribution in [0.25, 0.3) is 6.08 Å². The number of phenols is 1. The largest absolute Gasteiger partial charge is 0.508 e. The number of carbonyl (C=O) groups is 1. The Balaban J connectivity index is 2.59. The highest BCUT2D eigenvalue weighted by molar-refractivity contribution is 5.97. The summed E-state index contributed by atoms with van der Waals surface area (Å²) in [5, 5.41) is 9.07. The van der Waals surface area contributed by atoms with Crippen molar-refractivity contribution in [2.45, 2.75) is 12.5 Å². The standard InChI is InChI=1S/C12H16N2O2/c13-8-7-11(14)12(16)6-3-9-1-4-10(15)5-2-9/h1-6,11,15H,7-8,13-14H2/b6-3+. The first-order chi connectivity index (χ1) is 7.63. The summed E-state index contributed by atoms with van der Waals surface area (Å²) in [6.45, 7) is 0.403. The summed E-state index contributed by atoms with van der Waals surface area (Å²) in [6.07, 6.45) is 3.59. The van der Waals surface area contributed by atoms with Crippen molar-refractivity contribution in [1.29, 1.82) is 0 Å². The van der Waals surface area contributed by atoms with Gasteiger partial charge in [0.2, 0.25) is 0 Å². The van der Waals surface area contributed by atoms with Crippen molar-refractivity contribution in [2.75, 3.05) is 6.54 Å². The van der Waals surface area contributed by atoms with E-state index in [0.29, 0.717) is 13.0 Å². The molecule has 1 unspecified atom stereocenters. The Bertz CT molecular complexity index is 371. The summed E-state index contributed by atoms with van der Waals surface area (Å²) in [4.78, 5) is 11.5. The van der Waals surface area contributed by atoms with Gasteiger partial charge in [0.25, 0.3) is 0 Å². The molecule has 16 heavy (non-hydrogen) atoms. The van der Waals surface area contributed by atoms with Crippen molar-refractivity contribution < 1.29 is 9.90 Å². The Labute approximate surface area is 94.6 Å². The van der Waals surface area contributed by atoms with Gasteiger partial charge in [0.05, 0.1) is 6.04 Å². The number of phenolic OH excluding ortho intramolecular Hbond substituents is 1. The fraction of sp³-hybridized carbons (Fsp3) is 0.250. The summed E-state index contributed by atoms with van der Waals surface area (Å²) in [5.74, 6) is 0.0573. The van der Waals surface area contributed by atoms with Crippen molar-refractivity contribution in [3.63, 3.8) is 0 Å². The second kappa shape index (κ2) is 6.05. The first-order valence-corrected chi connectivity index (χ1v) is 5.10. The van der Waals surface area contributed by atoms with E-state index in [1.807, 2.05) is 0 Å². The van der Waals surface area contributed by atoms with Crippen LogP contribution in [-0.4, -0.2) is 23.5 Å². The van der Waals surface area contributed by atoms with Gasteiger partial charge in [-0.2, -0.15) is 0 Å². The lowest BCUT2D eigenvalue weighted by Gasteiger charge is -2.04. The molecule has 0 radical (unpaired) electrons. The van der Waals surface area contributed by atoms with Crippen molar-refractivity contribution >= 4 is 11.9 Å². The third-order valence-corrected chi connectivity index (χ3v) is 2.18. The molecule has 0 spiro atoms. The minimum Gasteiger partial charge on any atom is -0.508 e. The number of rotatable bonds is 5. The predicted molar refractivity (Wildman–Crippen MR) is 63.8 cm³/mol. The van der Waals surface area contributed by atoms with Gasteiger partial charge in [0.1, 0.15) is 5.75 Å². The Kier molecular flexibility index (Phi) is 4.69. The molecule has 0 fully saturated rings. The minimum absolute atomic E-state index is 0.140. The van der Waals surface area contributed by atoms with Crippen LogP contribution in [-0.2, 0) is 4.79 Å². The molecular weight excluding hydrogens is 204 g/mol. The number of benzene rings is 1. The molecule has 0 saturated carbocycles. The molecule has 0 aliphatic carbocycles. The van der Waals surface area contributed by atoms with Gasteiger partial charge < -0.3 is 16.6 Å². The van der Waals surface area contributed by atoms with Crippen molar-refractivity contribution in [1.82, 2.24) is 0 Å². The molecule has 0 bridgehead atoms. The van der Waals surface area contributed by atoms with Crippen molar-refractivity contribution in [3.05, 3.63) is 35.9 Å². The molecule has 1 aromatic rings. The van der Waals surface area contributed by atoms with Crippen LogP contribution >= 0.6 is 0 Å². The smallest absolute Gasteiger partial charge is 0.172 e. The van der Waals surface area contributed by atoms with E-state index in [1.54, 1.807) is 30.3 Å². The molecule has 0 amide bonds. The monoisotopic (exact) mass is 220 g/mol. The molecule has 0 heterocycles. The Morgan fingerprint density at radius 1 is 1.38 bits per heavy atom. The van der Waals surface area contributed by atoms with Gasteiger partial charge in [-0.05, 0) is 36.7 Å². The Morgan fingerprint density at radius 2 is 2.00 bits per heavy atom. The van der Waals surface area contributed by atoms with Crippen LogP contribution in [0.15, 0.2) is 30.3 Å². The molecule has 4 heteroatoms. The molecule has 1 atom stereocenters. The van der Waals surface area contributed by atoms with Crippen LogP contribution in [0.4, 0.5) is 0 Å². The lowest BCUT2D eigenvalue weighted by Crippen LogP contribution is -2.31. The van der Waals surface area contributed by atoms with Gasteiger partial charge >= 0.3 is 0 Å². The van der Waals surface area contributed by atoms with Gasteiger partial charge in [-0.25, -0.2) is 0 Å². The molecular formula is C12H16N2O2. The molecule has 0 aromatic heterocycles. The third kappa shape index (κ3) is 3.84. The van der Waals surface area contributed by atoms with E-state index in [4.69, 9.17) is 16.6 Å². The van der Waals surface area contributed by atoms with E-state index < -0.39 is 6.04 Å². The normalized spacial score (nSPS) is 12.9. The second-order valence-corrected chi connectivity index (χ2v) is 3.51. The summed E-state index contributed by atoms with van der Waals surface area (Å²) >= 11 is 0. The average Bonchev–Trinajstić information content (AvgIpc) is 2.28. The third-order valence-electron chi connectivity index (χ3n) is 2.18. The highest BCUT2D eigenvalue weighted by Gasteiger charge is 2.08. The number of hydrogen-bond acceptors (Lipinski definition) is 4. The number of hydrogen-bond donors (Lipinski definition) is 3. The van der Waals surface area contributed by atoms with Crippen LogP contribution in [0, 0.1) is 0 Å². The molecule has 1 aromatic carbocycles. The first kappa shape index (κ1) is 12.4. The molecule has 5 N–H and O–H groups in total. The van der Waals surface area contributed by atoms with E-state index in [-0.39, 0.29) is 11.5 Å². The van der Waals surface area contributed by atoms with Gasteiger partial charge in [0.15, 0.2) is 5.78 Å². The van der Waals surface area contributed by atoms with E-state index in [0.717, 1.165) is 5.56 Å². The lowest BCUT2D eigenvalue weighted by molar-refractivity contribution is -0.115.